The fraction of sp³-hybridized carbons (Fsp3) is 0.478. The minimum absolute atomic E-state index is 0.303. The van der Waals surface area contributed by atoms with Crippen molar-refractivity contribution in [1.82, 2.24) is 0 Å². The number of ether oxygens (including phenoxy) is 9. The van der Waals surface area contributed by atoms with Crippen LogP contribution in [0.25, 0.3) is 0 Å². The summed E-state index contributed by atoms with van der Waals surface area (Å²) in [6.45, 7) is 10.9. The molecule has 4 aromatic carbocycles. The highest BCUT2D eigenvalue weighted by Crippen LogP contribution is 2.16. The van der Waals surface area contributed by atoms with E-state index in [1.165, 1.54) is 22.3 Å². The molecule has 4 aromatic rings. The van der Waals surface area contributed by atoms with Gasteiger partial charge in [-0.3, -0.25) is 0 Å². The zero-order chi connectivity index (χ0) is 44.4. The molecular formula is C46H64B4O9P4. The highest BCUT2D eigenvalue weighted by molar-refractivity contribution is 7.65. The average molecular weight is 928 g/mol. The first-order chi connectivity index (χ1) is 31.1. The van der Waals surface area contributed by atoms with Crippen LogP contribution in [0.4, 0.5) is 0 Å². The Morgan fingerprint density at radius 3 is 0.952 bits per heavy atom. The minimum atomic E-state index is -0.326. The van der Waals surface area contributed by atoms with Gasteiger partial charge in [0, 0.05) is 0 Å². The van der Waals surface area contributed by atoms with Crippen molar-refractivity contribution in [1.29, 1.82) is 0 Å². The molecule has 0 N–H and O–H groups in total. The van der Waals surface area contributed by atoms with Gasteiger partial charge in [0.15, 0.2) is 0 Å². The van der Waals surface area contributed by atoms with Crippen LogP contribution >= 0.6 is 35.2 Å². The van der Waals surface area contributed by atoms with Crippen molar-refractivity contribution in [2.45, 2.75) is 63.6 Å². The summed E-state index contributed by atoms with van der Waals surface area (Å²) in [6.07, 6.45) is 2.98. The van der Waals surface area contributed by atoms with Gasteiger partial charge in [-0.2, -0.15) is 35.2 Å². The Balaban J connectivity index is 1.22. The standard InChI is InChI=1S/C46H64B4O9P4/c47-62-35-43-13-9-41(10-14-43)28-52-18-20-56-32-46(59-24-22-54-30-42-11-15-44(16-12-42)36-63-48)34-57-33-45(58-23-21-53-29-40-7-3-38(4-8-40)26-50-61)31-55-19-17-51-27-39-5-1-37(2-6-39)25-49-60/h1-16,45-46,62-63H,17-36,60-61H2. The van der Waals surface area contributed by atoms with Crippen LogP contribution in [0, 0.1) is 0 Å². The first-order valence-electron chi connectivity index (χ1n) is 21.6. The third-order valence-corrected chi connectivity index (χ3v) is 11.3. The predicted octanol–water partition coefficient (Wildman–Crippen LogP) is 7.19. The molecule has 0 bridgehead atoms. The highest BCUT2D eigenvalue weighted by atomic mass is 31.1. The monoisotopic (exact) mass is 928 g/mol. The van der Waals surface area contributed by atoms with Crippen LogP contribution in [0.5, 0.6) is 0 Å². The number of hydrogen-bond acceptors (Lipinski definition) is 9. The van der Waals surface area contributed by atoms with E-state index in [-0.39, 0.29) is 12.2 Å². The van der Waals surface area contributed by atoms with Gasteiger partial charge in [-0.25, -0.2) is 0 Å². The molecule has 0 aliphatic carbocycles. The van der Waals surface area contributed by atoms with E-state index in [1.807, 2.05) is 0 Å². The second-order valence-electron chi connectivity index (χ2n) is 14.8. The van der Waals surface area contributed by atoms with Crippen molar-refractivity contribution < 1.29 is 42.6 Å². The lowest BCUT2D eigenvalue weighted by atomic mass is 9.95. The van der Waals surface area contributed by atoms with E-state index < -0.39 is 0 Å². The Labute approximate surface area is 389 Å². The van der Waals surface area contributed by atoms with E-state index in [2.05, 4.69) is 129 Å². The van der Waals surface area contributed by atoms with Crippen LogP contribution in [0.3, 0.4) is 0 Å². The summed E-state index contributed by atoms with van der Waals surface area (Å²) in [6, 6.07) is 33.7. The quantitative estimate of drug-likeness (QED) is 0.0264. The normalized spacial score (nSPS) is 12.7. The Hall–Kier alpha value is -1.50. The number of rotatable bonds is 38. The fourth-order valence-electron chi connectivity index (χ4n) is 6.15. The molecule has 6 atom stereocenters. The largest absolute Gasteiger partial charge is 0.376 e. The van der Waals surface area contributed by atoms with Gasteiger partial charge in [0.25, 0.3) is 0 Å². The molecule has 17 heteroatoms. The summed E-state index contributed by atoms with van der Waals surface area (Å²) in [5.41, 5.74) is 9.48. The topological polar surface area (TPSA) is 83.1 Å². The van der Waals surface area contributed by atoms with Crippen molar-refractivity contribution in [2.24, 2.45) is 0 Å². The summed E-state index contributed by atoms with van der Waals surface area (Å²) in [5.74, 6) is 0. The maximum Gasteiger partial charge on any atom is 0.143 e. The third-order valence-electron chi connectivity index (χ3n) is 9.61. The molecule has 0 saturated carbocycles. The Morgan fingerprint density at radius 2 is 0.635 bits per heavy atom. The van der Waals surface area contributed by atoms with Crippen molar-refractivity contribution >= 4 is 64.3 Å². The average Bonchev–Trinajstić information content (AvgIpc) is 3.30. The molecule has 0 saturated heterocycles. The molecule has 0 heterocycles. The van der Waals surface area contributed by atoms with Gasteiger partial charge in [-0.1, -0.05) is 121 Å². The Bertz CT molecular complexity index is 1580. The summed E-state index contributed by atoms with van der Waals surface area (Å²) >= 11 is 0. The van der Waals surface area contributed by atoms with Crippen LogP contribution in [-0.2, 0) is 94.0 Å². The molecule has 0 aliphatic rings. The zero-order valence-electron chi connectivity index (χ0n) is 36.7. The summed E-state index contributed by atoms with van der Waals surface area (Å²) in [5, 5.41) is 0. The van der Waals surface area contributed by atoms with Crippen molar-refractivity contribution in [2.75, 3.05) is 79.3 Å². The molecule has 0 spiro atoms. The number of benzene rings is 4. The summed E-state index contributed by atoms with van der Waals surface area (Å²) in [4.78, 5) is 0. The molecule has 6 radical (unpaired) electrons. The molecule has 9 nitrogen and oxygen atoms in total. The summed E-state index contributed by atoms with van der Waals surface area (Å²) < 4.78 is 54.4. The second-order valence-corrected chi connectivity index (χ2v) is 17.3. The molecule has 6 unspecified atom stereocenters. The van der Waals surface area contributed by atoms with Crippen LogP contribution in [-0.4, -0.2) is 121 Å². The van der Waals surface area contributed by atoms with Gasteiger partial charge in [-0.05, 0) is 45.7 Å². The maximum atomic E-state index is 6.23. The number of hydrogen-bond donors (Lipinski definition) is 0. The van der Waals surface area contributed by atoms with E-state index >= 15 is 0 Å². The van der Waals surface area contributed by atoms with Gasteiger partial charge >= 0.3 is 0 Å². The Morgan fingerprint density at radius 1 is 0.365 bits per heavy atom. The van der Waals surface area contributed by atoms with E-state index in [0.717, 1.165) is 47.2 Å². The molecule has 0 fully saturated rings. The molecule has 0 aromatic heterocycles. The van der Waals surface area contributed by atoms with Gasteiger partial charge in [0.2, 0.25) is 0 Å². The molecule has 334 valence electrons. The van der Waals surface area contributed by atoms with Crippen LogP contribution in [0.1, 0.15) is 44.5 Å². The Kier molecular flexibility index (Phi) is 30.6. The predicted molar refractivity (Wildman–Crippen MR) is 270 cm³/mol. The first kappa shape index (κ1) is 54.1. The van der Waals surface area contributed by atoms with Crippen molar-refractivity contribution in [3.8, 4) is 0 Å². The maximum absolute atomic E-state index is 6.23. The SMILES string of the molecule is [B]PCc1ccc(COCCOCC(COCC(COCCOCc2ccc(C[B]P)cc2)OCCOCc2ccc(C[B]P)cc2)OCCOCc2ccc(CP[B])cc2)cc1. The molecule has 4 rings (SSSR count). The van der Waals surface area contributed by atoms with E-state index in [4.69, 9.17) is 57.8 Å². The smallest absolute Gasteiger partial charge is 0.143 e. The minimum Gasteiger partial charge on any atom is -0.376 e. The van der Waals surface area contributed by atoms with E-state index in [0.29, 0.717) is 123 Å². The van der Waals surface area contributed by atoms with Gasteiger partial charge < -0.3 is 42.6 Å². The van der Waals surface area contributed by atoms with E-state index in [1.54, 1.807) is 0 Å². The second kappa shape index (κ2) is 35.7. The zero-order valence-corrected chi connectivity index (χ0v) is 41.0. The van der Waals surface area contributed by atoms with E-state index in [9.17, 15) is 0 Å². The fourth-order valence-corrected chi connectivity index (χ4v) is 7.64. The third kappa shape index (κ3) is 25.3. The van der Waals surface area contributed by atoms with Crippen molar-refractivity contribution in [3.05, 3.63) is 142 Å². The van der Waals surface area contributed by atoms with Crippen molar-refractivity contribution in [3.63, 3.8) is 0 Å². The molecule has 63 heavy (non-hydrogen) atoms. The van der Waals surface area contributed by atoms with Crippen LogP contribution < -0.4 is 0 Å². The van der Waals surface area contributed by atoms with Gasteiger partial charge in [0.1, 0.15) is 41.3 Å². The van der Waals surface area contributed by atoms with Crippen LogP contribution in [0.15, 0.2) is 97.1 Å². The van der Waals surface area contributed by atoms with Gasteiger partial charge in [0.05, 0.1) is 106 Å². The molecule has 0 aliphatic heterocycles. The van der Waals surface area contributed by atoms with Gasteiger partial charge in [-0.15, -0.1) is 0 Å². The molecule has 0 amide bonds. The van der Waals surface area contributed by atoms with Crippen LogP contribution in [0.2, 0.25) is 0 Å². The first-order valence-corrected chi connectivity index (χ1v) is 25.5. The molecular weight excluding hydrogens is 864 g/mol. The summed E-state index contributed by atoms with van der Waals surface area (Å²) in [7, 11) is 17.5. The lowest BCUT2D eigenvalue weighted by Crippen LogP contribution is -2.32. The lowest BCUT2D eigenvalue weighted by Gasteiger charge is -2.22. The highest BCUT2D eigenvalue weighted by Gasteiger charge is 2.15. The lowest BCUT2D eigenvalue weighted by molar-refractivity contribution is -0.110.